The number of hydrogen-bond donors (Lipinski definition) is 0. The summed E-state index contributed by atoms with van der Waals surface area (Å²) in [6.45, 7) is 10.0. The van der Waals surface area contributed by atoms with Gasteiger partial charge >= 0.3 is 0 Å². The maximum Gasteiger partial charge on any atom is 0.263 e. The Hall–Kier alpha value is -1.51. The lowest BCUT2D eigenvalue weighted by Gasteiger charge is -2.33. The molecule has 0 N–H and O–H groups in total. The summed E-state index contributed by atoms with van der Waals surface area (Å²) in [6.07, 6.45) is 2.67. The summed E-state index contributed by atoms with van der Waals surface area (Å²) in [5.74, 6) is 1.58. The lowest BCUT2D eigenvalue weighted by Crippen LogP contribution is -2.46. The van der Waals surface area contributed by atoms with Gasteiger partial charge in [-0.25, -0.2) is 0 Å². The van der Waals surface area contributed by atoms with Gasteiger partial charge in [-0.3, -0.25) is 4.79 Å². The van der Waals surface area contributed by atoms with Crippen molar-refractivity contribution in [2.45, 2.75) is 53.1 Å². The van der Waals surface area contributed by atoms with E-state index in [4.69, 9.17) is 4.74 Å². The number of piperidine rings is 1. The fourth-order valence-corrected chi connectivity index (χ4v) is 2.89. The van der Waals surface area contributed by atoms with Crippen LogP contribution >= 0.6 is 0 Å². The number of hydrogen-bond acceptors (Lipinski definition) is 2. The Morgan fingerprint density at radius 1 is 1.43 bits per heavy atom. The molecule has 1 aromatic carbocycles. The van der Waals surface area contributed by atoms with E-state index in [1.54, 1.807) is 0 Å². The second kappa shape index (κ2) is 6.97. The number of benzene rings is 1. The van der Waals surface area contributed by atoms with Gasteiger partial charge < -0.3 is 9.64 Å². The summed E-state index contributed by atoms with van der Waals surface area (Å²) >= 11 is 0. The Morgan fingerprint density at radius 3 is 2.86 bits per heavy atom. The second-order valence-electron chi connectivity index (χ2n) is 6.32. The van der Waals surface area contributed by atoms with E-state index < -0.39 is 0 Å². The van der Waals surface area contributed by atoms with Crippen LogP contribution in [0, 0.1) is 19.8 Å². The first kappa shape index (κ1) is 15.9. The van der Waals surface area contributed by atoms with Gasteiger partial charge in [0.1, 0.15) is 5.75 Å². The van der Waals surface area contributed by atoms with Crippen molar-refractivity contribution in [1.29, 1.82) is 0 Å². The van der Waals surface area contributed by atoms with Gasteiger partial charge in [0.05, 0.1) is 0 Å². The average Bonchev–Trinajstić information content (AvgIpc) is 2.47. The van der Waals surface area contributed by atoms with Crippen molar-refractivity contribution < 1.29 is 9.53 Å². The molecule has 1 amide bonds. The molecule has 0 saturated carbocycles. The zero-order chi connectivity index (χ0) is 15.4. The number of likely N-dealkylation sites (tertiary alicyclic amines) is 1. The van der Waals surface area contributed by atoms with E-state index in [-0.39, 0.29) is 12.0 Å². The molecule has 0 aromatic heterocycles. The predicted molar refractivity (Wildman–Crippen MR) is 85.6 cm³/mol. The van der Waals surface area contributed by atoms with Crippen molar-refractivity contribution >= 4 is 5.91 Å². The highest BCUT2D eigenvalue weighted by Crippen LogP contribution is 2.23. The average molecular weight is 289 g/mol. The third kappa shape index (κ3) is 3.99. The Labute approximate surface area is 128 Å². The summed E-state index contributed by atoms with van der Waals surface area (Å²) in [4.78, 5) is 14.7. The Bertz CT molecular complexity index is 498. The van der Waals surface area contributed by atoms with E-state index in [1.165, 1.54) is 6.42 Å². The predicted octanol–water partition coefficient (Wildman–Crippen LogP) is 3.72. The molecule has 0 unspecified atom stereocenters. The minimum absolute atomic E-state index is 0.143. The molecule has 21 heavy (non-hydrogen) atoms. The second-order valence-corrected chi connectivity index (χ2v) is 6.32. The van der Waals surface area contributed by atoms with Crippen LogP contribution in [0.4, 0.5) is 0 Å². The van der Waals surface area contributed by atoms with Crippen LogP contribution in [-0.2, 0) is 4.79 Å². The van der Waals surface area contributed by atoms with Crippen molar-refractivity contribution in [2.75, 3.05) is 13.1 Å². The van der Waals surface area contributed by atoms with Gasteiger partial charge in [-0.1, -0.05) is 26.0 Å². The molecule has 1 heterocycles. The van der Waals surface area contributed by atoms with Gasteiger partial charge in [0.15, 0.2) is 6.10 Å². The molecule has 1 aliphatic rings. The molecular formula is C18H27NO2. The fourth-order valence-electron chi connectivity index (χ4n) is 2.89. The van der Waals surface area contributed by atoms with Crippen LogP contribution in [0.15, 0.2) is 18.2 Å². The van der Waals surface area contributed by atoms with E-state index in [9.17, 15) is 4.79 Å². The monoisotopic (exact) mass is 289 g/mol. The van der Waals surface area contributed by atoms with E-state index in [1.807, 2.05) is 37.8 Å². The number of nitrogens with zero attached hydrogens (tertiary/aromatic N) is 1. The van der Waals surface area contributed by atoms with Gasteiger partial charge in [-0.05, 0) is 56.2 Å². The highest BCUT2D eigenvalue weighted by molar-refractivity contribution is 5.81. The highest BCUT2D eigenvalue weighted by Gasteiger charge is 2.28. The quantitative estimate of drug-likeness (QED) is 0.845. The number of rotatable bonds is 4. The Kier molecular flexibility index (Phi) is 5.27. The van der Waals surface area contributed by atoms with Crippen LogP contribution in [0.25, 0.3) is 0 Å². The summed E-state index contributed by atoms with van der Waals surface area (Å²) in [5, 5.41) is 0. The van der Waals surface area contributed by atoms with Crippen LogP contribution in [0.5, 0.6) is 5.75 Å². The molecule has 3 heteroatoms. The lowest BCUT2D eigenvalue weighted by atomic mass is 9.99. The molecule has 0 aliphatic carbocycles. The highest BCUT2D eigenvalue weighted by atomic mass is 16.5. The minimum Gasteiger partial charge on any atom is -0.480 e. The smallest absolute Gasteiger partial charge is 0.263 e. The van der Waals surface area contributed by atoms with Crippen LogP contribution in [0.2, 0.25) is 0 Å². The maximum absolute atomic E-state index is 12.7. The van der Waals surface area contributed by atoms with Crippen molar-refractivity contribution in [3.05, 3.63) is 29.3 Å². The molecule has 1 fully saturated rings. The molecule has 0 radical (unpaired) electrons. The van der Waals surface area contributed by atoms with Gasteiger partial charge in [-0.15, -0.1) is 0 Å². The van der Waals surface area contributed by atoms with Crippen molar-refractivity contribution in [1.82, 2.24) is 4.90 Å². The number of aryl methyl sites for hydroxylation is 2. The standard InChI is InChI=1S/C18H27NO2/c1-5-16(18(20)19-10-6-7-14(3)12-19)21-17-11-13(2)8-9-15(17)4/h8-9,11,14,16H,5-7,10,12H2,1-4H3/t14-,16-/m0/s1. The first-order valence-electron chi connectivity index (χ1n) is 8.04. The Balaban J connectivity index is 2.08. The molecule has 0 spiro atoms. The number of ether oxygens (including phenoxy) is 1. The molecule has 3 nitrogen and oxygen atoms in total. The third-order valence-corrected chi connectivity index (χ3v) is 4.23. The first-order chi connectivity index (χ1) is 10.0. The topological polar surface area (TPSA) is 29.5 Å². The number of amides is 1. The zero-order valence-electron chi connectivity index (χ0n) is 13.7. The molecule has 2 rings (SSSR count). The third-order valence-electron chi connectivity index (χ3n) is 4.23. The first-order valence-corrected chi connectivity index (χ1v) is 8.04. The van der Waals surface area contributed by atoms with E-state index in [0.29, 0.717) is 12.3 Å². The lowest BCUT2D eigenvalue weighted by molar-refractivity contribution is -0.140. The summed E-state index contributed by atoms with van der Waals surface area (Å²) in [7, 11) is 0. The van der Waals surface area contributed by atoms with Gasteiger partial charge in [0.25, 0.3) is 5.91 Å². The van der Waals surface area contributed by atoms with E-state index in [0.717, 1.165) is 36.4 Å². The largest absolute Gasteiger partial charge is 0.480 e. The normalized spacial score (nSPS) is 20.2. The molecule has 116 valence electrons. The SMILES string of the molecule is CC[C@H](Oc1cc(C)ccc1C)C(=O)N1CCC[C@H](C)C1. The number of carbonyl (C=O) groups excluding carboxylic acids is 1. The number of carbonyl (C=O) groups is 1. The van der Waals surface area contributed by atoms with E-state index >= 15 is 0 Å². The van der Waals surface area contributed by atoms with Crippen molar-refractivity contribution in [3.8, 4) is 5.75 Å². The summed E-state index contributed by atoms with van der Waals surface area (Å²) in [6, 6.07) is 6.13. The van der Waals surface area contributed by atoms with Gasteiger partial charge in [0.2, 0.25) is 0 Å². The molecular weight excluding hydrogens is 262 g/mol. The van der Waals surface area contributed by atoms with Crippen LogP contribution in [0.1, 0.15) is 44.2 Å². The molecule has 0 bridgehead atoms. The summed E-state index contributed by atoms with van der Waals surface area (Å²) < 4.78 is 6.03. The van der Waals surface area contributed by atoms with Crippen molar-refractivity contribution in [2.24, 2.45) is 5.92 Å². The van der Waals surface area contributed by atoms with Gasteiger partial charge in [-0.2, -0.15) is 0 Å². The minimum atomic E-state index is -0.365. The molecule has 2 atom stereocenters. The Morgan fingerprint density at radius 2 is 2.19 bits per heavy atom. The van der Waals surface area contributed by atoms with Crippen molar-refractivity contribution in [3.63, 3.8) is 0 Å². The molecule has 1 aromatic rings. The van der Waals surface area contributed by atoms with Crippen LogP contribution < -0.4 is 4.74 Å². The van der Waals surface area contributed by atoms with Crippen LogP contribution in [0.3, 0.4) is 0 Å². The fraction of sp³-hybridized carbons (Fsp3) is 0.611. The zero-order valence-corrected chi connectivity index (χ0v) is 13.7. The maximum atomic E-state index is 12.7. The molecule has 1 saturated heterocycles. The summed E-state index contributed by atoms with van der Waals surface area (Å²) in [5.41, 5.74) is 2.24. The molecule has 1 aliphatic heterocycles. The van der Waals surface area contributed by atoms with E-state index in [2.05, 4.69) is 13.0 Å². The van der Waals surface area contributed by atoms with Gasteiger partial charge in [0, 0.05) is 13.1 Å². The van der Waals surface area contributed by atoms with Crippen LogP contribution in [-0.4, -0.2) is 30.0 Å².